The average molecular weight is 525 g/mol. The largest absolute Gasteiger partial charge is 0.493 e. The van der Waals surface area contributed by atoms with Crippen LogP contribution in [0.15, 0.2) is 65.6 Å². The van der Waals surface area contributed by atoms with E-state index in [-0.39, 0.29) is 28.3 Å². The van der Waals surface area contributed by atoms with Crippen LogP contribution in [0.5, 0.6) is 11.5 Å². The van der Waals surface area contributed by atoms with Gasteiger partial charge in [-0.05, 0) is 59.3 Å². The smallest absolute Gasteiger partial charge is 0.293 e. The van der Waals surface area contributed by atoms with Gasteiger partial charge in [0.2, 0.25) is 0 Å². The van der Waals surface area contributed by atoms with Crippen molar-refractivity contribution in [1.29, 1.82) is 5.26 Å². The first-order valence-electron chi connectivity index (χ1n) is 10.4. The normalized spacial score (nSPS) is 14.3. The van der Waals surface area contributed by atoms with Crippen molar-refractivity contribution in [3.05, 3.63) is 97.9 Å². The highest BCUT2D eigenvalue weighted by molar-refractivity contribution is 8.18. The van der Waals surface area contributed by atoms with E-state index < -0.39 is 5.91 Å². The van der Waals surface area contributed by atoms with Gasteiger partial charge >= 0.3 is 0 Å². The molecule has 2 amide bonds. The first kappa shape index (κ1) is 24.7. The maximum Gasteiger partial charge on any atom is 0.293 e. The minimum absolute atomic E-state index is 0.128. The van der Waals surface area contributed by atoms with Crippen molar-refractivity contribution in [2.45, 2.75) is 13.2 Å². The molecule has 1 heterocycles. The van der Waals surface area contributed by atoms with Crippen LogP contribution >= 0.6 is 35.0 Å². The molecule has 4 rings (SSSR count). The molecule has 0 bridgehead atoms. The van der Waals surface area contributed by atoms with Crippen molar-refractivity contribution in [3.63, 3.8) is 0 Å². The lowest BCUT2D eigenvalue weighted by Crippen LogP contribution is -2.27. The molecule has 6 nitrogen and oxygen atoms in total. The van der Waals surface area contributed by atoms with Crippen LogP contribution in [0.3, 0.4) is 0 Å². The predicted molar refractivity (Wildman–Crippen MR) is 136 cm³/mol. The Morgan fingerprint density at radius 1 is 1.09 bits per heavy atom. The van der Waals surface area contributed by atoms with E-state index >= 15 is 0 Å². The molecule has 1 aliphatic heterocycles. The number of imide groups is 1. The van der Waals surface area contributed by atoms with Crippen molar-refractivity contribution in [3.8, 4) is 17.6 Å². The van der Waals surface area contributed by atoms with Gasteiger partial charge in [0, 0.05) is 10.6 Å². The molecule has 1 saturated heterocycles. The Morgan fingerprint density at radius 2 is 1.83 bits per heavy atom. The van der Waals surface area contributed by atoms with Gasteiger partial charge in [-0.1, -0.05) is 53.5 Å². The lowest BCUT2D eigenvalue weighted by molar-refractivity contribution is -0.123. The van der Waals surface area contributed by atoms with Crippen LogP contribution in [0, 0.1) is 11.3 Å². The SMILES string of the molecule is COc1cc(/C=C2\SC(=O)N(Cc3ccc(Cl)cc3)C2=O)cc(Cl)c1OCc1ccccc1C#N. The number of amides is 2. The van der Waals surface area contributed by atoms with Gasteiger partial charge in [-0.15, -0.1) is 0 Å². The lowest BCUT2D eigenvalue weighted by Gasteiger charge is -2.14. The van der Waals surface area contributed by atoms with Crippen LogP contribution in [0.1, 0.15) is 22.3 Å². The molecule has 35 heavy (non-hydrogen) atoms. The number of rotatable bonds is 7. The lowest BCUT2D eigenvalue weighted by atomic mass is 10.1. The molecule has 176 valence electrons. The Labute approximate surface area is 216 Å². The van der Waals surface area contributed by atoms with E-state index in [1.54, 1.807) is 60.7 Å². The number of benzene rings is 3. The number of ether oxygens (including phenoxy) is 2. The summed E-state index contributed by atoms with van der Waals surface area (Å²) in [4.78, 5) is 26.8. The quantitative estimate of drug-likeness (QED) is 0.320. The fourth-order valence-electron chi connectivity index (χ4n) is 3.43. The zero-order valence-electron chi connectivity index (χ0n) is 18.5. The number of nitrogens with zero attached hydrogens (tertiary/aromatic N) is 2. The van der Waals surface area contributed by atoms with Gasteiger partial charge < -0.3 is 9.47 Å². The van der Waals surface area contributed by atoms with Crippen LogP contribution in [-0.4, -0.2) is 23.2 Å². The first-order chi connectivity index (χ1) is 16.9. The second kappa shape index (κ2) is 10.9. The molecule has 0 spiro atoms. The van der Waals surface area contributed by atoms with Crippen molar-refractivity contribution >= 4 is 52.2 Å². The summed E-state index contributed by atoms with van der Waals surface area (Å²) in [6.45, 7) is 0.281. The molecule has 0 N–H and O–H groups in total. The molecule has 3 aromatic carbocycles. The topological polar surface area (TPSA) is 79.6 Å². The minimum Gasteiger partial charge on any atom is -0.493 e. The van der Waals surface area contributed by atoms with E-state index in [1.165, 1.54) is 12.0 Å². The Balaban J connectivity index is 1.54. The number of halogens is 2. The van der Waals surface area contributed by atoms with Crippen LogP contribution < -0.4 is 9.47 Å². The molecular weight excluding hydrogens is 507 g/mol. The van der Waals surface area contributed by atoms with Gasteiger partial charge in [-0.2, -0.15) is 5.26 Å². The molecule has 0 radical (unpaired) electrons. The molecule has 0 unspecified atom stereocenters. The maximum absolute atomic E-state index is 12.9. The van der Waals surface area contributed by atoms with Crippen molar-refractivity contribution in [1.82, 2.24) is 4.90 Å². The third-order valence-corrected chi connectivity index (χ3v) is 6.63. The molecule has 0 atom stereocenters. The van der Waals surface area contributed by atoms with E-state index in [0.29, 0.717) is 33.2 Å². The standard InChI is InChI=1S/C26H18Cl2N2O4S/c1-33-22-11-17(10-21(28)24(22)34-15-19-5-3-2-4-18(19)13-29)12-23-25(31)30(26(32)35-23)14-16-6-8-20(27)9-7-16/h2-12H,14-15H2,1H3/b23-12-. The zero-order valence-corrected chi connectivity index (χ0v) is 20.8. The van der Waals surface area contributed by atoms with Crippen molar-refractivity contribution in [2.24, 2.45) is 0 Å². The number of carbonyl (C=O) groups is 2. The second-order valence-electron chi connectivity index (χ2n) is 7.49. The molecule has 0 saturated carbocycles. The third kappa shape index (κ3) is 5.63. The van der Waals surface area contributed by atoms with Crippen LogP contribution in [0.25, 0.3) is 6.08 Å². The number of thioether (sulfide) groups is 1. The summed E-state index contributed by atoms with van der Waals surface area (Å²) in [5, 5.41) is 9.76. The van der Waals surface area contributed by atoms with E-state index in [1.807, 2.05) is 6.07 Å². The fraction of sp³-hybridized carbons (Fsp3) is 0.115. The van der Waals surface area contributed by atoms with E-state index in [2.05, 4.69) is 6.07 Å². The predicted octanol–water partition coefficient (Wildman–Crippen LogP) is 6.69. The van der Waals surface area contributed by atoms with Gasteiger partial charge in [0.25, 0.3) is 11.1 Å². The van der Waals surface area contributed by atoms with Gasteiger partial charge in [-0.25, -0.2) is 0 Å². The van der Waals surface area contributed by atoms with Crippen LogP contribution in [0.4, 0.5) is 4.79 Å². The Hall–Kier alpha value is -3.44. The summed E-state index contributed by atoms with van der Waals surface area (Å²) in [6, 6.07) is 19.5. The molecule has 1 fully saturated rings. The number of nitriles is 1. The Morgan fingerprint density at radius 3 is 2.54 bits per heavy atom. The van der Waals surface area contributed by atoms with Crippen molar-refractivity contribution < 1.29 is 19.1 Å². The fourth-order valence-corrected chi connectivity index (χ4v) is 4.67. The summed E-state index contributed by atoms with van der Waals surface area (Å²) in [5.74, 6) is 0.284. The second-order valence-corrected chi connectivity index (χ2v) is 9.32. The molecule has 3 aromatic rings. The molecule has 9 heteroatoms. The average Bonchev–Trinajstić information content (AvgIpc) is 3.11. The minimum atomic E-state index is -0.390. The van der Waals surface area contributed by atoms with Gasteiger partial charge in [0.05, 0.1) is 35.2 Å². The monoisotopic (exact) mass is 524 g/mol. The summed E-state index contributed by atoms with van der Waals surface area (Å²) in [7, 11) is 1.48. The van der Waals surface area contributed by atoms with E-state index in [4.69, 9.17) is 32.7 Å². The van der Waals surface area contributed by atoms with E-state index in [0.717, 1.165) is 17.3 Å². The summed E-state index contributed by atoms with van der Waals surface area (Å²) >= 11 is 13.2. The third-order valence-electron chi connectivity index (χ3n) is 5.19. The highest BCUT2D eigenvalue weighted by Gasteiger charge is 2.35. The molecule has 0 aromatic heterocycles. The number of methoxy groups -OCH3 is 1. The van der Waals surface area contributed by atoms with Crippen molar-refractivity contribution in [2.75, 3.05) is 7.11 Å². The van der Waals surface area contributed by atoms with Gasteiger partial charge in [0.15, 0.2) is 11.5 Å². The van der Waals surface area contributed by atoms with Crippen LogP contribution in [-0.2, 0) is 17.9 Å². The highest BCUT2D eigenvalue weighted by Crippen LogP contribution is 2.39. The van der Waals surface area contributed by atoms with Gasteiger partial charge in [-0.3, -0.25) is 14.5 Å². The number of hydrogen-bond acceptors (Lipinski definition) is 6. The molecule has 0 aliphatic carbocycles. The Kier molecular flexibility index (Phi) is 7.67. The number of carbonyl (C=O) groups excluding carboxylic acids is 2. The summed E-state index contributed by atoms with van der Waals surface area (Å²) in [6.07, 6.45) is 1.59. The zero-order chi connectivity index (χ0) is 24.9. The Bertz CT molecular complexity index is 1370. The number of hydrogen-bond donors (Lipinski definition) is 0. The first-order valence-corrected chi connectivity index (χ1v) is 11.9. The highest BCUT2D eigenvalue weighted by atomic mass is 35.5. The van der Waals surface area contributed by atoms with Gasteiger partial charge in [0.1, 0.15) is 6.61 Å². The maximum atomic E-state index is 12.9. The van der Waals surface area contributed by atoms with E-state index in [9.17, 15) is 14.9 Å². The van der Waals surface area contributed by atoms with Crippen LogP contribution in [0.2, 0.25) is 10.0 Å². The molecule has 1 aliphatic rings. The summed E-state index contributed by atoms with van der Waals surface area (Å²) < 4.78 is 11.3. The summed E-state index contributed by atoms with van der Waals surface area (Å²) in [5.41, 5.74) is 2.59. The molecular formula is C26H18Cl2N2O4S.